The maximum absolute atomic E-state index is 12.8. The third-order valence-corrected chi connectivity index (χ3v) is 8.13. The molecule has 150 valence electrons. The summed E-state index contributed by atoms with van der Waals surface area (Å²) < 4.78 is 0. The van der Waals surface area contributed by atoms with Crippen LogP contribution in [-0.4, -0.2) is 25.1 Å². The summed E-state index contributed by atoms with van der Waals surface area (Å²) in [5.41, 5.74) is 0.880. The van der Waals surface area contributed by atoms with Gasteiger partial charge in [-0.25, -0.2) is 9.97 Å². The second-order valence-electron chi connectivity index (χ2n) is 7.44. The van der Waals surface area contributed by atoms with Crippen molar-refractivity contribution >= 4 is 44.7 Å². The molecular formula is C20H21N5OS3. The fraction of sp³-hybridized carbons (Fsp3) is 0.400. The van der Waals surface area contributed by atoms with Crippen LogP contribution in [0.4, 0.5) is 0 Å². The van der Waals surface area contributed by atoms with Gasteiger partial charge in [0.25, 0.3) is 5.56 Å². The van der Waals surface area contributed by atoms with E-state index in [2.05, 4.69) is 20.2 Å². The third kappa shape index (κ3) is 3.91. The fourth-order valence-electron chi connectivity index (χ4n) is 3.89. The Bertz CT molecular complexity index is 1170. The highest BCUT2D eigenvalue weighted by atomic mass is 32.2. The largest absolute Gasteiger partial charge is 0.309 e. The van der Waals surface area contributed by atoms with Gasteiger partial charge in [0.1, 0.15) is 16.5 Å². The van der Waals surface area contributed by atoms with Crippen LogP contribution >= 0.6 is 34.4 Å². The molecule has 1 aliphatic carbocycles. The van der Waals surface area contributed by atoms with Crippen molar-refractivity contribution in [1.82, 2.24) is 25.1 Å². The summed E-state index contributed by atoms with van der Waals surface area (Å²) in [5.74, 6) is 2.35. The number of aromatic nitrogens is 5. The van der Waals surface area contributed by atoms with Gasteiger partial charge in [-0.2, -0.15) is 0 Å². The molecule has 1 aliphatic rings. The van der Waals surface area contributed by atoms with Crippen molar-refractivity contribution < 1.29 is 0 Å². The minimum absolute atomic E-state index is 0.0467. The van der Waals surface area contributed by atoms with Gasteiger partial charge in [-0.15, -0.1) is 27.8 Å². The molecule has 0 radical (unpaired) electrons. The third-order valence-electron chi connectivity index (χ3n) is 5.38. The number of thiophene rings is 2. The van der Waals surface area contributed by atoms with Gasteiger partial charge in [0.05, 0.1) is 10.6 Å². The van der Waals surface area contributed by atoms with E-state index >= 15 is 0 Å². The molecule has 4 aromatic rings. The number of thioether (sulfide) groups is 1. The van der Waals surface area contributed by atoms with Crippen LogP contribution in [0, 0.1) is 5.92 Å². The first kappa shape index (κ1) is 19.0. The van der Waals surface area contributed by atoms with Crippen molar-refractivity contribution in [2.24, 2.45) is 5.92 Å². The Morgan fingerprint density at radius 1 is 1.28 bits per heavy atom. The summed E-state index contributed by atoms with van der Waals surface area (Å²) in [6.45, 7) is 2.02. The van der Waals surface area contributed by atoms with Crippen molar-refractivity contribution in [2.45, 2.75) is 49.4 Å². The minimum atomic E-state index is -0.0843. The fourth-order valence-corrected chi connectivity index (χ4v) is 6.46. The average Bonchev–Trinajstić information content (AvgIpc) is 3.49. The maximum Gasteiger partial charge on any atom is 0.260 e. The van der Waals surface area contributed by atoms with Gasteiger partial charge < -0.3 is 4.98 Å². The second-order valence-corrected chi connectivity index (χ2v) is 10.6. The van der Waals surface area contributed by atoms with Gasteiger partial charge >= 0.3 is 0 Å². The predicted octanol–water partition coefficient (Wildman–Crippen LogP) is 5.42. The number of hydrogen-bond donors (Lipinski definition) is 2. The topological polar surface area (TPSA) is 87.3 Å². The molecule has 2 N–H and O–H groups in total. The van der Waals surface area contributed by atoms with Crippen LogP contribution in [0.2, 0.25) is 0 Å². The van der Waals surface area contributed by atoms with E-state index in [1.165, 1.54) is 48.8 Å². The first-order valence-corrected chi connectivity index (χ1v) is 12.4. The van der Waals surface area contributed by atoms with E-state index in [1.807, 2.05) is 29.8 Å². The van der Waals surface area contributed by atoms with Crippen LogP contribution in [0.1, 0.15) is 49.5 Å². The van der Waals surface area contributed by atoms with Crippen LogP contribution in [0.15, 0.2) is 32.8 Å². The maximum atomic E-state index is 12.8. The molecule has 6 nitrogen and oxygen atoms in total. The molecule has 0 amide bonds. The lowest BCUT2D eigenvalue weighted by Gasteiger charge is -2.08. The second kappa shape index (κ2) is 8.04. The first-order valence-electron chi connectivity index (χ1n) is 9.80. The van der Waals surface area contributed by atoms with Crippen molar-refractivity contribution in [3.05, 3.63) is 44.9 Å². The number of nitrogens with one attached hydrogen (secondary N) is 2. The summed E-state index contributed by atoms with van der Waals surface area (Å²) in [6.07, 6.45) is 6.22. The Labute approximate surface area is 180 Å². The SMILES string of the molecule is CC(Sc1n[nH]c(CC2CCCC2)n1)c1nc2scc(-c3cccs3)c2c(=O)[nH]1. The normalized spacial score (nSPS) is 16.0. The van der Waals surface area contributed by atoms with E-state index in [0.717, 1.165) is 33.4 Å². The standard InChI is InChI=1S/C20H21N5OS3/c1-11(29-20-21-15(24-25-20)9-12-5-2-3-6-12)17-22-18(26)16-13(10-28-19(16)23-17)14-7-4-8-27-14/h4,7-8,10-12H,2-3,5-6,9H2,1H3,(H,21,24,25)(H,22,23,26). The molecule has 0 saturated heterocycles. The summed E-state index contributed by atoms with van der Waals surface area (Å²) in [5, 5.41) is 12.8. The monoisotopic (exact) mass is 443 g/mol. The summed E-state index contributed by atoms with van der Waals surface area (Å²) >= 11 is 4.66. The summed E-state index contributed by atoms with van der Waals surface area (Å²) in [4.78, 5) is 27.0. The zero-order valence-corrected chi connectivity index (χ0v) is 18.4. The molecule has 1 saturated carbocycles. The van der Waals surface area contributed by atoms with Gasteiger partial charge in [-0.3, -0.25) is 9.89 Å². The number of hydrogen-bond acceptors (Lipinski definition) is 7. The van der Waals surface area contributed by atoms with E-state index in [4.69, 9.17) is 4.98 Å². The number of aromatic amines is 2. The van der Waals surface area contributed by atoms with E-state index < -0.39 is 0 Å². The molecule has 4 aromatic heterocycles. The van der Waals surface area contributed by atoms with Crippen molar-refractivity contribution in [1.29, 1.82) is 0 Å². The smallest absolute Gasteiger partial charge is 0.260 e. The van der Waals surface area contributed by atoms with Gasteiger partial charge in [0, 0.05) is 22.2 Å². The average molecular weight is 444 g/mol. The van der Waals surface area contributed by atoms with Gasteiger partial charge in [0.15, 0.2) is 0 Å². The van der Waals surface area contributed by atoms with E-state index in [0.29, 0.717) is 16.4 Å². The number of fused-ring (bicyclic) bond motifs is 1. The lowest BCUT2D eigenvalue weighted by atomic mass is 10.0. The van der Waals surface area contributed by atoms with Crippen molar-refractivity contribution in [3.8, 4) is 10.4 Å². The van der Waals surface area contributed by atoms with Gasteiger partial charge in [-0.05, 0) is 24.3 Å². The molecule has 1 fully saturated rings. The molecule has 5 rings (SSSR count). The molecule has 1 atom stereocenters. The van der Waals surface area contributed by atoms with Gasteiger partial charge in [0.2, 0.25) is 5.16 Å². The van der Waals surface area contributed by atoms with Gasteiger partial charge in [-0.1, -0.05) is 43.5 Å². The van der Waals surface area contributed by atoms with Crippen LogP contribution in [-0.2, 0) is 6.42 Å². The van der Waals surface area contributed by atoms with Crippen LogP contribution in [0.5, 0.6) is 0 Å². The lowest BCUT2D eigenvalue weighted by Crippen LogP contribution is -2.12. The van der Waals surface area contributed by atoms with Crippen molar-refractivity contribution in [2.75, 3.05) is 0 Å². The van der Waals surface area contributed by atoms with Crippen molar-refractivity contribution in [3.63, 3.8) is 0 Å². The summed E-state index contributed by atoms with van der Waals surface area (Å²) in [6, 6.07) is 4.03. The predicted molar refractivity (Wildman–Crippen MR) is 120 cm³/mol. The van der Waals surface area contributed by atoms with Crippen LogP contribution in [0.3, 0.4) is 0 Å². The zero-order valence-electron chi connectivity index (χ0n) is 16.0. The molecule has 9 heteroatoms. The molecular weight excluding hydrogens is 422 g/mol. The Morgan fingerprint density at radius 3 is 2.93 bits per heavy atom. The highest BCUT2D eigenvalue weighted by molar-refractivity contribution is 7.99. The van der Waals surface area contributed by atoms with E-state index in [-0.39, 0.29) is 10.8 Å². The Balaban J connectivity index is 1.35. The molecule has 0 aliphatic heterocycles. The highest BCUT2D eigenvalue weighted by Gasteiger charge is 2.20. The quantitative estimate of drug-likeness (QED) is 0.389. The Kier molecular flexibility index (Phi) is 5.28. The number of H-pyrrole nitrogens is 2. The van der Waals surface area contributed by atoms with E-state index in [1.54, 1.807) is 11.3 Å². The van der Waals surface area contributed by atoms with Crippen LogP contribution < -0.4 is 5.56 Å². The first-order chi connectivity index (χ1) is 14.2. The Hall–Kier alpha value is -1.97. The minimum Gasteiger partial charge on any atom is -0.309 e. The molecule has 0 aromatic carbocycles. The van der Waals surface area contributed by atoms with Crippen LogP contribution in [0.25, 0.3) is 20.7 Å². The lowest BCUT2D eigenvalue weighted by molar-refractivity contribution is 0.531. The summed E-state index contributed by atoms with van der Waals surface area (Å²) in [7, 11) is 0. The number of rotatable bonds is 6. The molecule has 1 unspecified atom stereocenters. The molecule has 0 spiro atoms. The van der Waals surface area contributed by atoms with E-state index in [9.17, 15) is 4.79 Å². The zero-order chi connectivity index (χ0) is 19.8. The molecule has 4 heterocycles. The molecule has 29 heavy (non-hydrogen) atoms. The number of nitrogens with zero attached hydrogens (tertiary/aromatic N) is 3. The highest BCUT2D eigenvalue weighted by Crippen LogP contribution is 2.36. The molecule has 0 bridgehead atoms. The Morgan fingerprint density at radius 2 is 2.14 bits per heavy atom.